The number of unbranched alkanes of at least 4 members (excludes halogenated alkanes) is 2. The maximum absolute atomic E-state index is 5.35. The van der Waals surface area contributed by atoms with E-state index in [-0.39, 0.29) is 37.2 Å². The van der Waals surface area contributed by atoms with E-state index in [2.05, 4.69) is 5.32 Å². The molecule has 3 nitrogen and oxygen atoms in total. The summed E-state index contributed by atoms with van der Waals surface area (Å²) in [4.78, 5) is 0. The van der Waals surface area contributed by atoms with E-state index >= 15 is 0 Å². The molecule has 0 saturated heterocycles. The largest absolute Gasteiger partial charge is 0.330 e. The Morgan fingerprint density at radius 3 is 1.64 bits per heavy atom. The number of nitrogens with one attached hydrogen (secondary N) is 1. The second-order valence-electron chi connectivity index (χ2n) is 2.74. The smallest absolute Gasteiger partial charge is 0.00369 e. The second-order valence-corrected chi connectivity index (χ2v) is 2.74. The highest BCUT2D eigenvalue weighted by atomic mass is 35.5. The predicted octanol–water partition coefficient (Wildman–Crippen LogP) is 1.32. The quantitative estimate of drug-likeness (QED) is 0.582. The van der Waals surface area contributed by atoms with Crippen LogP contribution in [0.25, 0.3) is 0 Å². The molecule has 0 heterocycles. The van der Waals surface area contributed by atoms with Crippen LogP contribution in [0, 0.1) is 0 Å². The Morgan fingerprint density at radius 2 is 1.14 bits per heavy atom. The Labute approximate surface area is 106 Å². The molecule has 0 aromatic heterocycles. The van der Waals surface area contributed by atoms with Gasteiger partial charge in [-0.15, -0.1) is 37.2 Å². The first-order valence-corrected chi connectivity index (χ1v) is 4.52. The molecule has 0 bridgehead atoms. The van der Waals surface area contributed by atoms with Crippen LogP contribution in [0.15, 0.2) is 0 Å². The van der Waals surface area contributed by atoms with Gasteiger partial charge >= 0.3 is 0 Å². The lowest BCUT2D eigenvalue weighted by molar-refractivity contribution is 0.595. The number of hydrogen-bond acceptors (Lipinski definition) is 3. The highest BCUT2D eigenvalue weighted by Crippen LogP contribution is 1.90. The molecule has 0 aliphatic carbocycles. The number of rotatable bonds is 8. The Kier molecular flexibility index (Phi) is 40.5. The van der Waals surface area contributed by atoms with E-state index in [0.29, 0.717) is 0 Å². The van der Waals surface area contributed by atoms with Crippen LogP contribution < -0.4 is 16.8 Å². The van der Waals surface area contributed by atoms with Crippen molar-refractivity contribution in [1.82, 2.24) is 5.32 Å². The molecule has 0 rings (SSSR count). The van der Waals surface area contributed by atoms with E-state index in [1.807, 2.05) is 0 Å². The summed E-state index contributed by atoms with van der Waals surface area (Å²) < 4.78 is 0. The number of nitrogens with two attached hydrogens (primary N) is 2. The van der Waals surface area contributed by atoms with E-state index in [1.54, 1.807) is 0 Å². The second kappa shape index (κ2) is 23.5. The molecule has 0 saturated carbocycles. The third-order valence-electron chi connectivity index (χ3n) is 1.62. The van der Waals surface area contributed by atoms with Gasteiger partial charge in [-0.2, -0.15) is 0 Å². The molecule has 0 aliphatic heterocycles. The minimum atomic E-state index is 0. The molecular formula is C8H24Cl3N3. The summed E-state index contributed by atoms with van der Waals surface area (Å²) in [5.74, 6) is 0. The summed E-state index contributed by atoms with van der Waals surface area (Å²) in [5.41, 5.74) is 10.7. The summed E-state index contributed by atoms with van der Waals surface area (Å²) in [5, 5.41) is 3.32. The SMILES string of the molecule is Cl.Cl.Cl.NCCCCCNCCCN. The summed E-state index contributed by atoms with van der Waals surface area (Å²) in [7, 11) is 0. The molecule has 0 atom stereocenters. The Morgan fingerprint density at radius 1 is 0.643 bits per heavy atom. The van der Waals surface area contributed by atoms with Crippen molar-refractivity contribution >= 4 is 37.2 Å². The first kappa shape index (κ1) is 24.1. The summed E-state index contributed by atoms with van der Waals surface area (Å²) in [6, 6.07) is 0. The molecule has 0 radical (unpaired) electrons. The van der Waals surface area contributed by atoms with Crippen LogP contribution in [-0.4, -0.2) is 26.2 Å². The topological polar surface area (TPSA) is 64.1 Å². The Bertz CT molecular complexity index is 68.9. The van der Waals surface area contributed by atoms with Crippen molar-refractivity contribution in [2.24, 2.45) is 11.5 Å². The minimum Gasteiger partial charge on any atom is -0.330 e. The first-order chi connectivity index (χ1) is 5.41. The van der Waals surface area contributed by atoms with Crippen molar-refractivity contribution < 1.29 is 0 Å². The van der Waals surface area contributed by atoms with Gasteiger partial charge in [-0.05, 0) is 45.4 Å². The van der Waals surface area contributed by atoms with Crippen LogP contribution in [0.2, 0.25) is 0 Å². The molecule has 5 N–H and O–H groups in total. The summed E-state index contributed by atoms with van der Waals surface area (Å²) in [6.07, 6.45) is 4.71. The van der Waals surface area contributed by atoms with Crippen LogP contribution in [0.1, 0.15) is 25.7 Å². The average Bonchev–Trinajstić information content (AvgIpc) is 2.03. The fourth-order valence-electron chi connectivity index (χ4n) is 0.923. The van der Waals surface area contributed by atoms with Gasteiger partial charge in [0.15, 0.2) is 0 Å². The fraction of sp³-hybridized carbons (Fsp3) is 1.00. The zero-order valence-electron chi connectivity index (χ0n) is 8.54. The molecule has 0 aromatic rings. The van der Waals surface area contributed by atoms with E-state index in [4.69, 9.17) is 11.5 Å². The van der Waals surface area contributed by atoms with Crippen molar-refractivity contribution in [3.63, 3.8) is 0 Å². The van der Waals surface area contributed by atoms with Gasteiger partial charge in [0, 0.05) is 0 Å². The molecular weight excluding hydrogens is 244 g/mol. The molecule has 14 heavy (non-hydrogen) atoms. The standard InChI is InChI=1S/C8H21N3.3ClH/c9-5-2-1-3-7-11-8-4-6-10;;;/h11H,1-10H2;3*1H. The zero-order chi connectivity index (χ0) is 8.36. The first-order valence-electron chi connectivity index (χ1n) is 4.52. The molecule has 0 unspecified atom stereocenters. The predicted molar refractivity (Wildman–Crippen MR) is 71.2 cm³/mol. The normalized spacial score (nSPS) is 8.14. The molecule has 0 fully saturated rings. The molecule has 0 aliphatic rings. The minimum absolute atomic E-state index is 0. The van der Waals surface area contributed by atoms with E-state index in [0.717, 1.165) is 39.0 Å². The van der Waals surface area contributed by atoms with Crippen LogP contribution in [0.3, 0.4) is 0 Å². The molecule has 6 heteroatoms. The third kappa shape index (κ3) is 23.0. The molecule has 0 aromatic carbocycles. The van der Waals surface area contributed by atoms with Crippen molar-refractivity contribution in [2.75, 3.05) is 26.2 Å². The Hall–Kier alpha value is 0.750. The van der Waals surface area contributed by atoms with Gasteiger partial charge in [0.1, 0.15) is 0 Å². The number of hydrogen-bond donors (Lipinski definition) is 3. The lowest BCUT2D eigenvalue weighted by Crippen LogP contribution is -2.19. The van der Waals surface area contributed by atoms with Gasteiger partial charge in [-0.1, -0.05) is 6.42 Å². The van der Waals surface area contributed by atoms with E-state index in [1.165, 1.54) is 12.8 Å². The van der Waals surface area contributed by atoms with Gasteiger partial charge in [-0.3, -0.25) is 0 Å². The van der Waals surface area contributed by atoms with Crippen molar-refractivity contribution in [1.29, 1.82) is 0 Å². The van der Waals surface area contributed by atoms with Gasteiger partial charge in [0.25, 0.3) is 0 Å². The maximum Gasteiger partial charge on any atom is -0.00369 e. The highest BCUT2D eigenvalue weighted by Gasteiger charge is 1.87. The average molecular weight is 269 g/mol. The molecule has 0 amide bonds. The Balaban J connectivity index is -0.000000167. The molecule has 92 valence electrons. The van der Waals surface area contributed by atoms with Gasteiger partial charge in [0.2, 0.25) is 0 Å². The van der Waals surface area contributed by atoms with Crippen LogP contribution >= 0.6 is 37.2 Å². The van der Waals surface area contributed by atoms with Crippen LogP contribution in [0.5, 0.6) is 0 Å². The summed E-state index contributed by atoms with van der Waals surface area (Å²) in [6.45, 7) is 3.78. The van der Waals surface area contributed by atoms with Crippen molar-refractivity contribution in [2.45, 2.75) is 25.7 Å². The fourth-order valence-corrected chi connectivity index (χ4v) is 0.923. The zero-order valence-corrected chi connectivity index (χ0v) is 11.0. The maximum atomic E-state index is 5.35. The van der Waals surface area contributed by atoms with E-state index < -0.39 is 0 Å². The van der Waals surface area contributed by atoms with Crippen molar-refractivity contribution in [3.8, 4) is 0 Å². The van der Waals surface area contributed by atoms with Crippen LogP contribution in [-0.2, 0) is 0 Å². The molecule has 0 spiro atoms. The summed E-state index contributed by atoms with van der Waals surface area (Å²) >= 11 is 0. The van der Waals surface area contributed by atoms with Crippen LogP contribution in [0.4, 0.5) is 0 Å². The lowest BCUT2D eigenvalue weighted by Gasteiger charge is -2.02. The number of halogens is 3. The van der Waals surface area contributed by atoms with Gasteiger partial charge in [0.05, 0.1) is 0 Å². The van der Waals surface area contributed by atoms with Gasteiger partial charge in [-0.25, -0.2) is 0 Å². The van der Waals surface area contributed by atoms with Crippen molar-refractivity contribution in [3.05, 3.63) is 0 Å². The van der Waals surface area contributed by atoms with E-state index in [9.17, 15) is 0 Å². The highest BCUT2D eigenvalue weighted by molar-refractivity contribution is 5.86. The third-order valence-corrected chi connectivity index (χ3v) is 1.62. The lowest BCUT2D eigenvalue weighted by atomic mass is 10.2. The monoisotopic (exact) mass is 267 g/mol. The van der Waals surface area contributed by atoms with Gasteiger partial charge < -0.3 is 16.8 Å².